The predicted molar refractivity (Wildman–Crippen MR) is 72.8 cm³/mol. The van der Waals surface area contributed by atoms with Crippen molar-refractivity contribution in [2.24, 2.45) is 5.92 Å². The molecule has 1 aliphatic rings. The molecule has 0 aliphatic carbocycles. The van der Waals surface area contributed by atoms with E-state index in [1.165, 1.54) is 5.56 Å². The van der Waals surface area contributed by atoms with Gasteiger partial charge in [0, 0.05) is 19.2 Å². The van der Waals surface area contributed by atoms with Crippen LogP contribution in [-0.4, -0.2) is 25.9 Å². The summed E-state index contributed by atoms with van der Waals surface area (Å²) in [6.45, 7) is 7.61. The normalized spacial score (nSPS) is 23.9. The Bertz CT molecular complexity index is 367. The van der Waals surface area contributed by atoms with Gasteiger partial charge in [-0.25, -0.2) is 0 Å². The number of hydrogen-bond donors (Lipinski definition) is 1. The van der Waals surface area contributed by atoms with Gasteiger partial charge in [-0.3, -0.25) is 0 Å². The third-order valence-corrected chi connectivity index (χ3v) is 3.42. The minimum atomic E-state index is 0.564. The lowest BCUT2D eigenvalue weighted by atomic mass is 9.97. The van der Waals surface area contributed by atoms with Crippen LogP contribution in [-0.2, 0) is 11.3 Å². The van der Waals surface area contributed by atoms with Gasteiger partial charge in [0.2, 0.25) is 0 Å². The molecule has 1 fully saturated rings. The number of rotatable bonds is 5. The zero-order valence-corrected chi connectivity index (χ0v) is 11.3. The summed E-state index contributed by atoms with van der Waals surface area (Å²) in [6.07, 6.45) is 1.10. The van der Waals surface area contributed by atoms with E-state index in [1.807, 2.05) is 13.0 Å². The van der Waals surface area contributed by atoms with E-state index in [0.29, 0.717) is 18.6 Å². The molecule has 1 aliphatic heterocycles. The Hall–Kier alpha value is -1.06. The minimum absolute atomic E-state index is 0.564. The highest BCUT2D eigenvalue weighted by Crippen LogP contribution is 2.16. The van der Waals surface area contributed by atoms with Crippen LogP contribution in [0.5, 0.6) is 5.75 Å². The molecule has 1 heterocycles. The molecule has 1 aromatic rings. The third kappa shape index (κ3) is 3.72. The van der Waals surface area contributed by atoms with E-state index in [2.05, 4.69) is 30.4 Å². The molecule has 2 unspecified atom stereocenters. The van der Waals surface area contributed by atoms with Gasteiger partial charge in [-0.2, -0.15) is 0 Å². The standard InChI is InChI=1S/C15H23NO2/c1-3-18-14-6-4-5-13(9-14)10-16-15-7-8-17-11-12(15)2/h4-6,9,12,15-16H,3,7-8,10-11H2,1-2H3. The van der Waals surface area contributed by atoms with Crippen LogP contribution in [0, 0.1) is 5.92 Å². The van der Waals surface area contributed by atoms with Crippen LogP contribution in [0.15, 0.2) is 24.3 Å². The maximum Gasteiger partial charge on any atom is 0.119 e. The molecule has 0 amide bonds. The second-order valence-electron chi connectivity index (χ2n) is 4.91. The van der Waals surface area contributed by atoms with Crippen LogP contribution in [0.25, 0.3) is 0 Å². The van der Waals surface area contributed by atoms with Gasteiger partial charge < -0.3 is 14.8 Å². The molecule has 3 heteroatoms. The Kier molecular flexibility index (Phi) is 5.02. The zero-order valence-electron chi connectivity index (χ0n) is 11.3. The number of nitrogens with one attached hydrogen (secondary N) is 1. The molecule has 1 aromatic carbocycles. The van der Waals surface area contributed by atoms with E-state index in [4.69, 9.17) is 9.47 Å². The molecule has 3 nitrogen and oxygen atoms in total. The van der Waals surface area contributed by atoms with Crippen LogP contribution in [0.2, 0.25) is 0 Å². The Labute approximate surface area is 109 Å². The highest BCUT2D eigenvalue weighted by molar-refractivity contribution is 5.28. The van der Waals surface area contributed by atoms with Gasteiger partial charge in [-0.05, 0) is 37.0 Å². The highest BCUT2D eigenvalue weighted by Gasteiger charge is 2.20. The van der Waals surface area contributed by atoms with E-state index in [-0.39, 0.29) is 0 Å². The smallest absolute Gasteiger partial charge is 0.119 e. The van der Waals surface area contributed by atoms with Crippen molar-refractivity contribution in [1.29, 1.82) is 0 Å². The molecular weight excluding hydrogens is 226 g/mol. The highest BCUT2D eigenvalue weighted by atomic mass is 16.5. The molecule has 0 bridgehead atoms. The topological polar surface area (TPSA) is 30.5 Å². The summed E-state index contributed by atoms with van der Waals surface area (Å²) < 4.78 is 11.0. The summed E-state index contributed by atoms with van der Waals surface area (Å²) in [5.74, 6) is 1.55. The van der Waals surface area contributed by atoms with Gasteiger partial charge in [-0.1, -0.05) is 19.1 Å². The van der Waals surface area contributed by atoms with Gasteiger partial charge in [-0.15, -0.1) is 0 Å². The lowest BCUT2D eigenvalue weighted by Gasteiger charge is -2.29. The maximum atomic E-state index is 5.51. The Balaban J connectivity index is 1.87. The van der Waals surface area contributed by atoms with Crippen LogP contribution in [0.1, 0.15) is 25.8 Å². The van der Waals surface area contributed by atoms with Crippen LogP contribution >= 0.6 is 0 Å². The van der Waals surface area contributed by atoms with Crippen LogP contribution in [0.3, 0.4) is 0 Å². The summed E-state index contributed by atoms with van der Waals surface area (Å²) in [5.41, 5.74) is 1.28. The molecule has 0 saturated carbocycles. The number of ether oxygens (including phenoxy) is 2. The fourth-order valence-electron chi connectivity index (χ4n) is 2.34. The minimum Gasteiger partial charge on any atom is -0.494 e. The van der Waals surface area contributed by atoms with Crippen molar-refractivity contribution >= 4 is 0 Å². The Morgan fingerprint density at radius 2 is 2.33 bits per heavy atom. The van der Waals surface area contributed by atoms with E-state index in [9.17, 15) is 0 Å². The van der Waals surface area contributed by atoms with Gasteiger partial charge in [0.1, 0.15) is 5.75 Å². The van der Waals surface area contributed by atoms with E-state index >= 15 is 0 Å². The molecule has 0 radical (unpaired) electrons. The van der Waals surface area contributed by atoms with Gasteiger partial charge in [0.25, 0.3) is 0 Å². The fraction of sp³-hybridized carbons (Fsp3) is 0.600. The molecule has 0 spiro atoms. The van der Waals surface area contributed by atoms with Crippen molar-refractivity contribution in [2.45, 2.75) is 32.9 Å². The fourth-order valence-corrected chi connectivity index (χ4v) is 2.34. The molecular formula is C15H23NO2. The molecule has 0 aromatic heterocycles. The first-order valence-electron chi connectivity index (χ1n) is 6.82. The third-order valence-electron chi connectivity index (χ3n) is 3.42. The summed E-state index contributed by atoms with van der Waals surface area (Å²) in [6, 6.07) is 8.87. The van der Waals surface area contributed by atoms with Gasteiger partial charge in [0.05, 0.1) is 13.2 Å². The van der Waals surface area contributed by atoms with Crippen LogP contribution < -0.4 is 10.1 Å². The average Bonchev–Trinajstić information content (AvgIpc) is 2.39. The molecule has 1 saturated heterocycles. The monoisotopic (exact) mass is 249 g/mol. The molecule has 2 atom stereocenters. The van der Waals surface area contributed by atoms with Crippen LogP contribution in [0.4, 0.5) is 0 Å². The second kappa shape index (κ2) is 6.76. The lowest BCUT2D eigenvalue weighted by molar-refractivity contribution is 0.0386. The van der Waals surface area contributed by atoms with Gasteiger partial charge in [0.15, 0.2) is 0 Å². The summed E-state index contributed by atoms with van der Waals surface area (Å²) in [4.78, 5) is 0. The molecule has 100 valence electrons. The first-order chi connectivity index (χ1) is 8.79. The quantitative estimate of drug-likeness (QED) is 0.870. The van der Waals surface area contributed by atoms with Crippen molar-refractivity contribution in [1.82, 2.24) is 5.32 Å². The molecule has 1 N–H and O–H groups in total. The lowest BCUT2D eigenvalue weighted by Crippen LogP contribution is -2.40. The maximum absolute atomic E-state index is 5.51. The average molecular weight is 249 g/mol. The summed E-state index contributed by atoms with van der Waals surface area (Å²) >= 11 is 0. The van der Waals surface area contributed by atoms with E-state index < -0.39 is 0 Å². The SMILES string of the molecule is CCOc1cccc(CNC2CCOCC2C)c1. The first kappa shape index (κ1) is 13.4. The van der Waals surface area contributed by atoms with E-state index in [0.717, 1.165) is 31.9 Å². The predicted octanol–water partition coefficient (Wildman–Crippen LogP) is 2.60. The first-order valence-corrected chi connectivity index (χ1v) is 6.82. The molecule has 2 rings (SSSR count). The van der Waals surface area contributed by atoms with Crippen molar-refractivity contribution in [3.63, 3.8) is 0 Å². The van der Waals surface area contributed by atoms with E-state index in [1.54, 1.807) is 0 Å². The summed E-state index contributed by atoms with van der Waals surface area (Å²) in [7, 11) is 0. The zero-order chi connectivity index (χ0) is 12.8. The number of benzene rings is 1. The number of hydrogen-bond acceptors (Lipinski definition) is 3. The molecule has 18 heavy (non-hydrogen) atoms. The van der Waals surface area contributed by atoms with Crippen molar-refractivity contribution in [3.05, 3.63) is 29.8 Å². The Morgan fingerprint density at radius 3 is 3.11 bits per heavy atom. The largest absolute Gasteiger partial charge is 0.494 e. The van der Waals surface area contributed by atoms with Crippen molar-refractivity contribution in [2.75, 3.05) is 19.8 Å². The Morgan fingerprint density at radius 1 is 1.44 bits per heavy atom. The van der Waals surface area contributed by atoms with Crippen molar-refractivity contribution < 1.29 is 9.47 Å². The summed E-state index contributed by atoms with van der Waals surface area (Å²) in [5, 5.41) is 3.62. The van der Waals surface area contributed by atoms with Gasteiger partial charge >= 0.3 is 0 Å². The second-order valence-corrected chi connectivity index (χ2v) is 4.91. The van der Waals surface area contributed by atoms with Crippen molar-refractivity contribution in [3.8, 4) is 5.75 Å².